The number of para-hydroxylation sites is 3. The second-order valence-corrected chi connectivity index (χ2v) is 15.2. The standard InChI is InChI=1S/C42H49N3O/c1-27-23-24-32-31-19-14-20-33(39(31)46-40(32)43-27)41-44(5)36-21-12-13-22-37(36)45(41)38-34(28-15-8-6-9-16-28)25-30(42(2,3)4)26-35(38)29-17-10-7-11-18-29/h6,8,10,12-15,17,19-25,27,29,32,35,40-41,43H,7,9,11,16,18,26H2,1-5H3. The van der Waals surface area contributed by atoms with Gasteiger partial charge in [0.1, 0.15) is 11.9 Å². The summed E-state index contributed by atoms with van der Waals surface area (Å²) in [6.45, 7) is 9.41. The third-order valence-corrected chi connectivity index (χ3v) is 11.2. The van der Waals surface area contributed by atoms with Crippen molar-refractivity contribution < 1.29 is 4.74 Å². The first-order valence-corrected chi connectivity index (χ1v) is 17.6. The summed E-state index contributed by atoms with van der Waals surface area (Å²) in [5.41, 5.74) is 11.2. The van der Waals surface area contributed by atoms with Crippen molar-refractivity contribution in [1.29, 1.82) is 0 Å². The van der Waals surface area contributed by atoms with Crippen LogP contribution in [0.25, 0.3) is 0 Å². The fourth-order valence-electron chi connectivity index (χ4n) is 8.78. The van der Waals surface area contributed by atoms with Gasteiger partial charge >= 0.3 is 0 Å². The molecule has 0 amide bonds. The highest BCUT2D eigenvalue weighted by atomic mass is 16.5. The van der Waals surface area contributed by atoms with Crippen molar-refractivity contribution in [2.45, 2.75) is 90.6 Å². The Kier molecular flexibility index (Phi) is 7.40. The zero-order chi connectivity index (χ0) is 31.6. The molecule has 8 rings (SSSR count). The van der Waals surface area contributed by atoms with Crippen molar-refractivity contribution in [3.8, 4) is 5.75 Å². The quantitative estimate of drug-likeness (QED) is 0.348. The first-order valence-electron chi connectivity index (χ1n) is 17.6. The van der Waals surface area contributed by atoms with Crippen LogP contribution >= 0.6 is 0 Å². The lowest BCUT2D eigenvalue weighted by molar-refractivity contribution is 0.164. The maximum atomic E-state index is 6.88. The van der Waals surface area contributed by atoms with Crippen molar-refractivity contribution in [2.24, 2.45) is 17.3 Å². The van der Waals surface area contributed by atoms with E-state index >= 15 is 0 Å². The SMILES string of the molecule is CC1C=CC2c3cccc(C4N(C)c5ccccc5N4C4=C(C5=CC=CCC5)C=C(C(C)(C)C)CC4C4C=CCCC4)c3OC2N1. The topological polar surface area (TPSA) is 27.7 Å². The molecule has 6 atom stereocenters. The van der Waals surface area contributed by atoms with E-state index in [4.69, 9.17) is 4.74 Å². The van der Waals surface area contributed by atoms with Crippen LogP contribution in [0.5, 0.6) is 5.75 Å². The Bertz CT molecular complexity index is 1710. The minimum atomic E-state index is -0.0280. The Hall–Kier alpha value is -3.76. The minimum absolute atomic E-state index is 0.0155. The Morgan fingerprint density at radius 1 is 0.913 bits per heavy atom. The summed E-state index contributed by atoms with van der Waals surface area (Å²) in [6, 6.07) is 16.2. The molecule has 3 heterocycles. The second kappa shape index (κ2) is 11.5. The number of hydrogen-bond donors (Lipinski definition) is 1. The van der Waals surface area contributed by atoms with Crippen molar-refractivity contribution in [3.63, 3.8) is 0 Å². The number of nitrogens with one attached hydrogen (secondary N) is 1. The minimum Gasteiger partial charge on any atom is -0.474 e. The van der Waals surface area contributed by atoms with E-state index in [2.05, 4.69) is 141 Å². The van der Waals surface area contributed by atoms with Crippen LogP contribution in [0.4, 0.5) is 11.4 Å². The van der Waals surface area contributed by atoms with Gasteiger partial charge in [-0.1, -0.05) is 105 Å². The van der Waals surface area contributed by atoms with Crippen LogP contribution in [0.3, 0.4) is 0 Å². The van der Waals surface area contributed by atoms with E-state index in [0.717, 1.165) is 25.0 Å². The van der Waals surface area contributed by atoms with Crippen molar-refractivity contribution in [2.75, 3.05) is 16.8 Å². The molecule has 0 radical (unpaired) electrons. The van der Waals surface area contributed by atoms with Gasteiger partial charge in [-0.2, -0.15) is 0 Å². The molecule has 3 aliphatic carbocycles. The van der Waals surface area contributed by atoms with E-state index in [1.54, 1.807) is 5.57 Å². The molecule has 4 heteroatoms. The van der Waals surface area contributed by atoms with Crippen LogP contribution in [0, 0.1) is 17.3 Å². The fraction of sp³-hybridized carbons (Fsp3) is 0.429. The fourth-order valence-corrected chi connectivity index (χ4v) is 8.78. The van der Waals surface area contributed by atoms with Crippen LogP contribution in [-0.2, 0) is 0 Å². The summed E-state index contributed by atoms with van der Waals surface area (Å²) < 4.78 is 6.88. The van der Waals surface area contributed by atoms with Gasteiger partial charge in [-0.25, -0.2) is 0 Å². The van der Waals surface area contributed by atoms with E-state index in [1.165, 1.54) is 58.6 Å². The molecule has 2 aromatic rings. The number of fused-ring (bicyclic) bond motifs is 4. The highest BCUT2D eigenvalue weighted by Crippen LogP contribution is 2.57. The second-order valence-electron chi connectivity index (χ2n) is 15.2. The predicted octanol–water partition coefficient (Wildman–Crippen LogP) is 9.87. The van der Waals surface area contributed by atoms with Crippen molar-refractivity contribution in [1.82, 2.24) is 5.32 Å². The lowest BCUT2D eigenvalue weighted by Crippen LogP contribution is -2.43. The molecule has 1 N–H and O–H groups in total. The molecule has 0 aromatic heterocycles. The third-order valence-electron chi connectivity index (χ3n) is 11.2. The smallest absolute Gasteiger partial charge is 0.161 e. The normalized spacial score (nSPS) is 30.1. The van der Waals surface area contributed by atoms with E-state index in [-0.39, 0.29) is 23.7 Å². The van der Waals surface area contributed by atoms with Crippen LogP contribution in [0.2, 0.25) is 0 Å². The molecular formula is C42H49N3O. The summed E-state index contributed by atoms with van der Waals surface area (Å²) in [6.07, 6.45) is 26.1. The highest BCUT2D eigenvalue weighted by Gasteiger charge is 2.46. The molecular weight excluding hydrogens is 562 g/mol. The molecule has 0 fully saturated rings. The molecule has 46 heavy (non-hydrogen) atoms. The summed E-state index contributed by atoms with van der Waals surface area (Å²) in [5.74, 6) is 2.19. The van der Waals surface area contributed by atoms with Gasteiger partial charge in [-0.05, 0) is 80.1 Å². The first-order chi connectivity index (χ1) is 22.3. The number of benzene rings is 2. The zero-order valence-corrected chi connectivity index (χ0v) is 28.2. The van der Waals surface area contributed by atoms with Gasteiger partial charge in [0.2, 0.25) is 0 Å². The van der Waals surface area contributed by atoms with Gasteiger partial charge in [0.15, 0.2) is 6.23 Å². The molecule has 3 aliphatic heterocycles. The zero-order valence-electron chi connectivity index (χ0n) is 28.2. The van der Waals surface area contributed by atoms with E-state index < -0.39 is 0 Å². The molecule has 4 nitrogen and oxygen atoms in total. The van der Waals surface area contributed by atoms with E-state index in [0.29, 0.717) is 17.9 Å². The Labute approximate surface area is 275 Å². The summed E-state index contributed by atoms with van der Waals surface area (Å²) >= 11 is 0. The van der Waals surface area contributed by atoms with Gasteiger partial charge in [0.25, 0.3) is 0 Å². The lowest BCUT2D eigenvalue weighted by atomic mass is 9.68. The average molecular weight is 612 g/mol. The molecule has 0 spiro atoms. The maximum Gasteiger partial charge on any atom is 0.161 e. The molecule has 0 bridgehead atoms. The van der Waals surface area contributed by atoms with Crippen molar-refractivity contribution >= 4 is 11.4 Å². The number of rotatable bonds is 4. The van der Waals surface area contributed by atoms with Gasteiger partial charge in [0, 0.05) is 35.8 Å². The monoisotopic (exact) mass is 611 g/mol. The summed E-state index contributed by atoms with van der Waals surface area (Å²) in [4.78, 5) is 5.23. The average Bonchev–Trinajstić information content (AvgIpc) is 3.58. The van der Waals surface area contributed by atoms with Crippen molar-refractivity contribution in [3.05, 3.63) is 125 Å². The number of nitrogens with zero attached hydrogens (tertiary/aromatic N) is 2. The Balaban J connectivity index is 1.37. The Morgan fingerprint density at radius 2 is 1.74 bits per heavy atom. The van der Waals surface area contributed by atoms with Gasteiger partial charge in [-0.15, -0.1) is 0 Å². The maximum absolute atomic E-state index is 6.88. The number of ether oxygens (including phenoxy) is 1. The van der Waals surface area contributed by atoms with Crippen LogP contribution in [0.15, 0.2) is 113 Å². The first kappa shape index (κ1) is 29.6. The molecule has 0 saturated heterocycles. The molecule has 6 unspecified atom stereocenters. The molecule has 0 saturated carbocycles. The number of anilines is 2. The predicted molar refractivity (Wildman–Crippen MR) is 191 cm³/mol. The summed E-state index contributed by atoms with van der Waals surface area (Å²) in [7, 11) is 2.28. The Morgan fingerprint density at radius 3 is 2.50 bits per heavy atom. The molecule has 2 aromatic carbocycles. The van der Waals surface area contributed by atoms with Gasteiger partial charge in [0.05, 0.1) is 17.3 Å². The third kappa shape index (κ3) is 4.92. The largest absolute Gasteiger partial charge is 0.474 e. The molecule has 238 valence electrons. The van der Waals surface area contributed by atoms with Crippen LogP contribution in [-0.4, -0.2) is 19.3 Å². The number of hydrogen-bond acceptors (Lipinski definition) is 4. The van der Waals surface area contributed by atoms with Gasteiger partial charge < -0.3 is 14.5 Å². The van der Waals surface area contributed by atoms with Crippen LogP contribution in [0.1, 0.15) is 89.4 Å². The lowest BCUT2D eigenvalue weighted by Gasteiger charge is -2.44. The van der Waals surface area contributed by atoms with E-state index in [1.807, 2.05) is 0 Å². The van der Waals surface area contributed by atoms with E-state index in [9.17, 15) is 0 Å². The van der Waals surface area contributed by atoms with Gasteiger partial charge in [-0.3, -0.25) is 5.32 Å². The van der Waals surface area contributed by atoms with Crippen LogP contribution < -0.4 is 19.9 Å². The highest BCUT2D eigenvalue weighted by molar-refractivity contribution is 5.82. The summed E-state index contributed by atoms with van der Waals surface area (Å²) in [5, 5.41) is 3.69. The molecule has 6 aliphatic rings. The number of allylic oxidation sites excluding steroid dienone is 10.